The lowest BCUT2D eigenvalue weighted by molar-refractivity contribution is 0.403. The van der Waals surface area contributed by atoms with Gasteiger partial charge in [0.25, 0.3) is 0 Å². The number of thioether (sulfide) groups is 1. The summed E-state index contributed by atoms with van der Waals surface area (Å²) in [6.45, 7) is 3.57. The van der Waals surface area contributed by atoms with Gasteiger partial charge in [0.15, 0.2) is 0 Å². The van der Waals surface area contributed by atoms with Gasteiger partial charge in [-0.2, -0.15) is 0 Å². The van der Waals surface area contributed by atoms with Gasteiger partial charge in [-0.15, -0.1) is 11.8 Å². The minimum Gasteiger partial charge on any atom is -0.378 e. The lowest BCUT2D eigenvalue weighted by Crippen LogP contribution is -2.44. The summed E-state index contributed by atoms with van der Waals surface area (Å²) < 4.78 is 0. The molecule has 2 atom stereocenters. The van der Waals surface area contributed by atoms with Crippen LogP contribution in [0.15, 0.2) is 17.0 Å². The summed E-state index contributed by atoms with van der Waals surface area (Å²) in [5.74, 6) is 1.95. The maximum atomic E-state index is 3.60. The predicted octanol–water partition coefficient (Wildman–Crippen LogP) is 2.51. The number of anilines is 2. The molecule has 1 aromatic rings. The van der Waals surface area contributed by atoms with Gasteiger partial charge in [-0.25, -0.2) is 0 Å². The third-order valence-electron chi connectivity index (χ3n) is 4.94. The van der Waals surface area contributed by atoms with E-state index in [4.69, 9.17) is 0 Å². The molecular weight excluding hydrogens is 266 g/mol. The normalized spacial score (nSPS) is 27.8. The van der Waals surface area contributed by atoms with Crippen LogP contribution < -0.4 is 15.1 Å². The summed E-state index contributed by atoms with van der Waals surface area (Å²) in [6, 6.07) is 5.57. The highest BCUT2D eigenvalue weighted by molar-refractivity contribution is 7.99. The Hall–Kier alpha value is -0.870. The molecule has 3 aliphatic rings. The second kappa shape index (κ2) is 4.85. The molecule has 0 bridgehead atoms. The molecule has 3 aliphatic heterocycles. The fourth-order valence-corrected chi connectivity index (χ4v) is 5.04. The van der Waals surface area contributed by atoms with Gasteiger partial charge in [0.05, 0.1) is 5.69 Å². The first-order chi connectivity index (χ1) is 9.75. The van der Waals surface area contributed by atoms with Crippen LogP contribution in [0.2, 0.25) is 0 Å². The summed E-state index contributed by atoms with van der Waals surface area (Å²) in [4.78, 5) is 6.49. The molecule has 20 heavy (non-hydrogen) atoms. The van der Waals surface area contributed by atoms with Crippen molar-refractivity contribution in [1.82, 2.24) is 5.32 Å². The van der Waals surface area contributed by atoms with Gasteiger partial charge >= 0.3 is 0 Å². The van der Waals surface area contributed by atoms with Crippen molar-refractivity contribution in [3.63, 3.8) is 0 Å². The first-order valence-electron chi connectivity index (χ1n) is 7.71. The standard InChI is InChI=1S/C16H23N3S/c1-18(2)11-8-12-13-10-17-5-4-14(13)19-6-3-7-20-15(9-11)16(12)19/h8-9,13-14,17H,3-7,10H2,1-2H3. The Morgan fingerprint density at radius 2 is 2.25 bits per heavy atom. The zero-order valence-corrected chi connectivity index (χ0v) is 13.2. The van der Waals surface area contributed by atoms with E-state index >= 15 is 0 Å². The van der Waals surface area contributed by atoms with Crippen LogP contribution in [0.3, 0.4) is 0 Å². The van der Waals surface area contributed by atoms with Crippen LogP contribution in [-0.2, 0) is 0 Å². The molecule has 0 aromatic heterocycles. The summed E-state index contributed by atoms with van der Waals surface area (Å²) in [5, 5.41) is 3.60. The molecule has 0 spiro atoms. The van der Waals surface area contributed by atoms with Gasteiger partial charge in [-0.05, 0) is 42.8 Å². The zero-order valence-electron chi connectivity index (χ0n) is 12.4. The Labute approximate surface area is 125 Å². The van der Waals surface area contributed by atoms with Crippen LogP contribution in [0.5, 0.6) is 0 Å². The Morgan fingerprint density at radius 3 is 3.10 bits per heavy atom. The maximum absolute atomic E-state index is 3.60. The molecule has 0 saturated carbocycles. The van der Waals surface area contributed by atoms with Gasteiger partial charge < -0.3 is 15.1 Å². The van der Waals surface area contributed by atoms with Crippen LogP contribution in [0.1, 0.15) is 24.3 Å². The molecule has 2 unspecified atom stereocenters. The highest BCUT2D eigenvalue weighted by Crippen LogP contribution is 2.50. The van der Waals surface area contributed by atoms with Crippen LogP contribution >= 0.6 is 11.8 Å². The molecule has 0 radical (unpaired) electrons. The fourth-order valence-electron chi connectivity index (χ4n) is 3.97. The Kier molecular flexibility index (Phi) is 3.11. The van der Waals surface area contributed by atoms with Crippen molar-refractivity contribution in [3.8, 4) is 0 Å². The van der Waals surface area contributed by atoms with E-state index in [9.17, 15) is 0 Å². The number of piperidine rings is 1. The molecule has 3 heterocycles. The summed E-state index contributed by atoms with van der Waals surface area (Å²) >= 11 is 2.06. The maximum Gasteiger partial charge on any atom is 0.0545 e. The predicted molar refractivity (Wildman–Crippen MR) is 87.5 cm³/mol. The first-order valence-corrected chi connectivity index (χ1v) is 8.69. The molecule has 1 saturated heterocycles. The minimum absolute atomic E-state index is 0.691. The van der Waals surface area contributed by atoms with E-state index in [2.05, 4.69) is 53.1 Å². The van der Waals surface area contributed by atoms with E-state index in [1.54, 1.807) is 11.3 Å². The van der Waals surface area contributed by atoms with Gasteiger partial charge in [0, 0.05) is 49.7 Å². The number of benzene rings is 1. The van der Waals surface area contributed by atoms with Crippen LogP contribution in [0.4, 0.5) is 11.4 Å². The highest BCUT2D eigenvalue weighted by Gasteiger charge is 2.41. The molecule has 4 rings (SSSR count). The minimum atomic E-state index is 0.691. The SMILES string of the molecule is CN(C)c1cc2c3c(c1)C1CNCCC1N3CCCS2. The second-order valence-corrected chi connectivity index (χ2v) is 7.47. The molecular formula is C16H23N3S. The first kappa shape index (κ1) is 12.8. The lowest BCUT2D eigenvalue weighted by atomic mass is 9.90. The van der Waals surface area contributed by atoms with Crippen molar-refractivity contribution in [2.24, 2.45) is 0 Å². The van der Waals surface area contributed by atoms with Gasteiger partial charge in [0.2, 0.25) is 0 Å². The van der Waals surface area contributed by atoms with Crippen molar-refractivity contribution in [1.29, 1.82) is 0 Å². The van der Waals surface area contributed by atoms with E-state index in [1.165, 1.54) is 42.3 Å². The molecule has 0 aliphatic carbocycles. The lowest BCUT2D eigenvalue weighted by Gasteiger charge is -2.33. The molecule has 0 amide bonds. The Balaban J connectivity index is 1.88. The summed E-state index contributed by atoms with van der Waals surface area (Å²) in [6.07, 6.45) is 2.60. The molecule has 1 aromatic carbocycles. The van der Waals surface area contributed by atoms with Crippen molar-refractivity contribution in [2.75, 3.05) is 49.3 Å². The molecule has 1 N–H and O–H groups in total. The third kappa shape index (κ3) is 1.85. The molecule has 3 nitrogen and oxygen atoms in total. The number of nitrogens with zero attached hydrogens (tertiary/aromatic N) is 2. The fraction of sp³-hybridized carbons (Fsp3) is 0.625. The van der Waals surface area contributed by atoms with Crippen molar-refractivity contribution in [3.05, 3.63) is 17.7 Å². The van der Waals surface area contributed by atoms with E-state index in [-0.39, 0.29) is 0 Å². The third-order valence-corrected chi connectivity index (χ3v) is 6.05. The monoisotopic (exact) mass is 289 g/mol. The topological polar surface area (TPSA) is 18.5 Å². The average molecular weight is 289 g/mol. The Bertz CT molecular complexity index is 529. The van der Waals surface area contributed by atoms with E-state index in [1.807, 2.05) is 0 Å². The molecule has 4 heteroatoms. The summed E-state index contributed by atoms with van der Waals surface area (Å²) in [7, 11) is 4.30. The van der Waals surface area contributed by atoms with E-state index < -0.39 is 0 Å². The smallest absolute Gasteiger partial charge is 0.0545 e. The van der Waals surface area contributed by atoms with Gasteiger partial charge in [-0.3, -0.25) is 0 Å². The number of rotatable bonds is 1. The van der Waals surface area contributed by atoms with Crippen LogP contribution in [0.25, 0.3) is 0 Å². The van der Waals surface area contributed by atoms with Crippen molar-refractivity contribution < 1.29 is 0 Å². The van der Waals surface area contributed by atoms with Gasteiger partial charge in [0.1, 0.15) is 0 Å². The largest absolute Gasteiger partial charge is 0.378 e. The van der Waals surface area contributed by atoms with E-state index in [0.717, 1.165) is 12.6 Å². The molecule has 108 valence electrons. The number of hydrogen-bond donors (Lipinski definition) is 1. The number of nitrogens with one attached hydrogen (secondary N) is 1. The van der Waals surface area contributed by atoms with Crippen molar-refractivity contribution >= 4 is 23.1 Å². The van der Waals surface area contributed by atoms with E-state index in [0.29, 0.717) is 5.92 Å². The second-order valence-electron chi connectivity index (χ2n) is 6.34. The summed E-state index contributed by atoms with van der Waals surface area (Å²) in [5.41, 5.74) is 4.52. The average Bonchev–Trinajstić information content (AvgIpc) is 2.63. The quantitative estimate of drug-likeness (QED) is 0.856. The number of hydrogen-bond acceptors (Lipinski definition) is 4. The highest BCUT2D eigenvalue weighted by atomic mass is 32.2. The zero-order chi connectivity index (χ0) is 13.7. The Morgan fingerprint density at radius 1 is 1.35 bits per heavy atom. The number of fused-ring (bicyclic) bond motifs is 3. The molecule has 1 fully saturated rings. The van der Waals surface area contributed by atoms with Crippen LogP contribution in [-0.4, -0.2) is 45.5 Å². The van der Waals surface area contributed by atoms with Crippen LogP contribution in [0, 0.1) is 0 Å². The van der Waals surface area contributed by atoms with Crippen molar-refractivity contribution in [2.45, 2.75) is 29.7 Å². The van der Waals surface area contributed by atoms with Gasteiger partial charge in [-0.1, -0.05) is 0 Å².